The fourth-order valence-corrected chi connectivity index (χ4v) is 5.71. The molecule has 0 aliphatic rings. The number of esters is 1. The normalized spacial score (nSPS) is 11.0. The van der Waals surface area contributed by atoms with E-state index in [0.29, 0.717) is 16.6 Å². The predicted molar refractivity (Wildman–Crippen MR) is 121 cm³/mol. The third-order valence-corrected chi connectivity index (χ3v) is 8.31. The van der Waals surface area contributed by atoms with Crippen LogP contribution in [0.2, 0.25) is 0 Å². The van der Waals surface area contributed by atoms with E-state index in [9.17, 15) is 18.0 Å². The number of hydrogen-bond acceptors (Lipinski definition) is 9. The highest BCUT2D eigenvalue weighted by Gasteiger charge is 2.22. The number of carbonyl (C=O) groups is 2. The number of nitrogens with one attached hydrogen (secondary N) is 1. The number of amides is 1. The van der Waals surface area contributed by atoms with Gasteiger partial charge in [-0.25, -0.2) is 18.2 Å². The highest BCUT2D eigenvalue weighted by Crippen LogP contribution is 2.26. The van der Waals surface area contributed by atoms with Crippen molar-refractivity contribution in [2.45, 2.75) is 4.21 Å². The Morgan fingerprint density at radius 2 is 1.94 bits per heavy atom. The van der Waals surface area contributed by atoms with E-state index in [1.807, 2.05) is 0 Å². The number of thiazole rings is 1. The molecule has 1 N–H and O–H groups in total. The van der Waals surface area contributed by atoms with Crippen LogP contribution in [0.1, 0.15) is 0 Å². The molecule has 0 unspecified atom stereocenters. The van der Waals surface area contributed by atoms with Crippen LogP contribution < -0.4 is 14.4 Å². The smallest absolute Gasteiger partial charge is 0.344 e. The van der Waals surface area contributed by atoms with Gasteiger partial charge in [0, 0.05) is 7.05 Å². The molecular formula is C18H16BrN3O6S3. The molecule has 2 heterocycles. The van der Waals surface area contributed by atoms with Gasteiger partial charge in [-0.2, -0.15) is 0 Å². The third kappa shape index (κ3) is 6.26. The number of sulfonamides is 1. The first-order chi connectivity index (χ1) is 14.8. The zero-order valence-electron chi connectivity index (χ0n) is 16.0. The molecule has 0 aliphatic heterocycles. The first kappa shape index (κ1) is 23.2. The van der Waals surface area contributed by atoms with Crippen LogP contribution in [0, 0.1) is 0 Å². The van der Waals surface area contributed by atoms with Crippen molar-refractivity contribution < 1.29 is 27.5 Å². The second kappa shape index (κ2) is 10.2. The molecule has 1 amide bonds. The highest BCUT2D eigenvalue weighted by atomic mass is 79.9. The minimum Gasteiger partial charge on any atom is -0.482 e. The van der Waals surface area contributed by atoms with Gasteiger partial charge >= 0.3 is 5.97 Å². The Labute approximate surface area is 194 Å². The first-order valence-corrected chi connectivity index (χ1v) is 12.5. The van der Waals surface area contributed by atoms with Gasteiger partial charge in [-0.1, -0.05) is 17.4 Å². The molecule has 2 aromatic heterocycles. The van der Waals surface area contributed by atoms with Gasteiger partial charge in [-0.15, -0.1) is 11.3 Å². The molecule has 0 bridgehead atoms. The minimum atomic E-state index is -3.63. The van der Waals surface area contributed by atoms with Crippen molar-refractivity contribution in [3.63, 3.8) is 0 Å². The van der Waals surface area contributed by atoms with Crippen molar-refractivity contribution in [2.75, 3.05) is 29.9 Å². The van der Waals surface area contributed by atoms with E-state index in [0.717, 1.165) is 19.4 Å². The van der Waals surface area contributed by atoms with Crippen LogP contribution in [0.5, 0.6) is 5.75 Å². The number of anilines is 2. The van der Waals surface area contributed by atoms with E-state index in [1.54, 1.807) is 29.8 Å². The average Bonchev–Trinajstić information content (AvgIpc) is 3.43. The Balaban J connectivity index is 1.46. The zero-order valence-corrected chi connectivity index (χ0v) is 20.0. The number of halogens is 1. The minimum absolute atomic E-state index is 0.240. The van der Waals surface area contributed by atoms with E-state index >= 15 is 0 Å². The summed E-state index contributed by atoms with van der Waals surface area (Å²) >= 11 is 5.59. The van der Waals surface area contributed by atoms with Crippen LogP contribution in [0.25, 0.3) is 0 Å². The highest BCUT2D eigenvalue weighted by molar-refractivity contribution is 9.11. The number of hydrogen-bond donors (Lipinski definition) is 1. The fraction of sp³-hybridized carbons (Fsp3) is 0.167. The molecule has 0 fully saturated rings. The summed E-state index contributed by atoms with van der Waals surface area (Å²) in [6.45, 7) is -0.873. The van der Waals surface area contributed by atoms with Gasteiger partial charge in [0.25, 0.3) is 15.9 Å². The predicted octanol–water partition coefficient (Wildman–Crippen LogP) is 3.35. The van der Waals surface area contributed by atoms with Crippen molar-refractivity contribution >= 4 is 71.3 Å². The number of aromatic nitrogens is 1. The van der Waals surface area contributed by atoms with Crippen molar-refractivity contribution in [3.05, 3.63) is 51.8 Å². The maximum Gasteiger partial charge on any atom is 0.344 e. The number of ether oxygens (including phenoxy) is 2. The molecule has 0 saturated carbocycles. The summed E-state index contributed by atoms with van der Waals surface area (Å²) < 4.78 is 37.4. The Bertz CT molecular complexity index is 1150. The topological polar surface area (TPSA) is 115 Å². The maximum absolute atomic E-state index is 12.5. The lowest BCUT2D eigenvalue weighted by molar-refractivity contribution is -0.149. The van der Waals surface area contributed by atoms with Crippen LogP contribution in [-0.2, 0) is 24.3 Å². The van der Waals surface area contributed by atoms with Gasteiger partial charge in [0.1, 0.15) is 9.96 Å². The fourth-order valence-electron chi connectivity index (χ4n) is 2.23. The second-order valence-corrected chi connectivity index (χ2v) is 11.4. The summed E-state index contributed by atoms with van der Waals surface area (Å²) in [6.07, 6.45) is 1.54. The Hall–Kier alpha value is -2.48. The van der Waals surface area contributed by atoms with Gasteiger partial charge in [-0.3, -0.25) is 14.4 Å². The molecule has 0 atom stereocenters. The summed E-state index contributed by atoms with van der Waals surface area (Å²) in [6, 6.07) is 9.40. The van der Waals surface area contributed by atoms with E-state index in [1.165, 1.54) is 36.6 Å². The van der Waals surface area contributed by atoms with Crippen molar-refractivity contribution in [1.82, 2.24) is 4.98 Å². The average molecular weight is 546 g/mol. The van der Waals surface area contributed by atoms with Gasteiger partial charge < -0.3 is 9.47 Å². The van der Waals surface area contributed by atoms with Gasteiger partial charge in [0.05, 0.1) is 15.7 Å². The van der Waals surface area contributed by atoms with Crippen molar-refractivity contribution in [2.24, 2.45) is 0 Å². The van der Waals surface area contributed by atoms with Crippen molar-refractivity contribution in [1.29, 1.82) is 0 Å². The van der Waals surface area contributed by atoms with Crippen LogP contribution in [0.15, 0.2) is 56.0 Å². The largest absolute Gasteiger partial charge is 0.482 e. The molecule has 3 aromatic rings. The van der Waals surface area contributed by atoms with E-state index in [-0.39, 0.29) is 4.21 Å². The summed E-state index contributed by atoms with van der Waals surface area (Å²) in [5, 5.41) is 4.58. The first-order valence-electron chi connectivity index (χ1n) is 8.58. The Kier molecular flexibility index (Phi) is 7.64. The quantitative estimate of drug-likeness (QED) is 0.410. The SMILES string of the molecule is CN(c1ccc(OCC(=O)OCC(=O)Nc2ncc(Br)s2)cc1)S(=O)(=O)c1cccs1. The third-order valence-electron chi connectivity index (χ3n) is 3.75. The summed E-state index contributed by atoms with van der Waals surface area (Å²) in [5.74, 6) is -0.897. The van der Waals surface area contributed by atoms with E-state index in [2.05, 4.69) is 26.2 Å². The molecule has 1 aromatic carbocycles. The molecule has 31 heavy (non-hydrogen) atoms. The lowest BCUT2D eigenvalue weighted by Crippen LogP contribution is -2.25. The molecule has 0 aliphatic carbocycles. The maximum atomic E-state index is 12.5. The molecule has 0 radical (unpaired) electrons. The van der Waals surface area contributed by atoms with Crippen LogP contribution in [0.4, 0.5) is 10.8 Å². The molecule has 0 spiro atoms. The van der Waals surface area contributed by atoms with E-state index in [4.69, 9.17) is 9.47 Å². The number of benzene rings is 1. The van der Waals surface area contributed by atoms with Crippen LogP contribution in [-0.4, -0.2) is 45.5 Å². The lowest BCUT2D eigenvalue weighted by atomic mass is 10.3. The van der Waals surface area contributed by atoms with E-state index < -0.39 is 35.1 Å². The second-order valence-electron chi connectivity index (χ2n) is 5.87. The van der Waals surface area contributed by atoms with Crippen LogP contribution in [0.3, 0.4) is 0 Å². The van der Waals surface area contributed by atoms with Crippen molar-refractivity contribution in [3.8, 4) is 5.75 Å². The zero-order chi connectivity index (χ0) is 22.4. The van der Waals surface area contributed by atoms with Gasteiger partial charge in [-0.05, 0) is 51.6 Å². The summed E-state index contributed by atoms with van der Waals surface area (Å²) in [4.78, 5) is 27.5. The Morgan fingerprint density at radius 3 is 2.55 bits per heavy atom. The Morgan fingerprint density at radius 1 is 1.19 bits per heavy atom. The number of carbonyl (C=O) groups excluding carboxylic acids is 2. The van der Waals surface area contributed by atoms with Gasteiger partial charge in [0.15, 0.2) is 18.3 Å². The summed E-state index contributed by atoms with van der Waals surface area (Å²) in [7, 11) is -2.18. The molecule has 164 valence electrons. The number of nitrogens with zero attached hydrogens (tertiary/aromatic N) is 2. The monoisotopic (exact) mass is 545 g/mol. The standard InChI is InChI=1S/C18H16BrN3O6S3/c1-22(31(25,26)17-3-2-8-29-17)12-4-6-13(7-5-12)27-11-16(24)28-10-15(23)21-18-20-9-14(19)30-18/h2-9H,10-11H2,1H3,(H,20,21,23). The lowest BCUT2D eigenvalue weighted by Gasteiger charge is -2.18. The van der Waals surface area contributed by atoms with Gasteiger partial charge in [0.2, 0.25) is 0 Å². The molecule has 13 heteroatoms. The molecular weight excluding hydrogens is 530 g/mol. The number of rotatable bonds is 9. The summed E-state index contributed by atoms with van der Waals surface area (Å²) in [5.41, 5.74) is 0.439. The molecule has 9 nitrogen and oxygen atoms in total. The molecule has 0 saturated heterocycles. The van der Waals surface area contributed by atoms with Crippen LogP contribution >= 0.6 is 38.6 Å². The number of thiophene rings is 1. The molecule has 3 rings (SSSR count).